The summed E-state index contributed by atoms with van der Waals surface area (Å²) in [6.07, 6.45) is -9.07. The fraction of sp³-hybridized carbons (Fsp3) is 0.382. The monoisotopic (exact) mass is 686 g/mol. The number of phenolic OH excluding ortho intramolecular Hbond substituents is 3. The third kappa shape index (κ3) is 7.09. The van der Waals surface area contributed by atoms with Crippen LogP contribution >= 0.6 is 0 Å². The van der Waals surface area contributed by atoms with Gasteiger partial charge in [0, 0.05) is 41.9 Å². The van der Waals surface area contributed by atoms with Gasteiger partial charge in [-0.25, -0.2) is 0 Å². The van der Waals surface area contributed by atoms with E-state index >= 15 is 0 Å². The molecule has 3 aromatic carbocycles. The molecule has 8 N–H and O–H groups in total. The van der Waals surface area contributed by atoms with Crippen molar-refractivity contribution in [1.82, 2.24) is 0 Å². The van der Waals surface area contributed by atoms with E-state index in [9.17, 15) is 45.6 Å². The summed E-state index contributed by atoms with van der Waals surface area (Å²) in [5.41, 5.74) is 0.537. The summed E-state index contributed by atoms with van der Waals surface area (Å²) in [5, 5.41) is 82.1. The molecule has 0 radical (unpaired) electrons. The van der Waals surface area contributed by atoms with Gasteiger partial charge in [-0.2, -0.15) is 0 Å². The number of phenols is 3. The standard InChI is InChI=1S/C34H38O15/c1-44-24-8-16(23-12-22(40)29-21(39)10-18(37)11-27(29)47-23)9-25(45-2)19(24)6-17(13-35)33(15-4-5-20(38)26(7-15)46-3)49-34-32(43)31(42)30(41)28(14-36)48-34/h4-5,7-12,17,28,30-39,41-43H,6,13-14H2,1-3H3/t17-,28?,30-,31?,32?,33?,34+/m1/s1. The molecule has 5 rings (SSSR count). The molecule has 0 bridgehead atoms. The van der Waals surface area contributed by atoms with E-state index in [-0.39, 0.29) is 51.9 Å². The predicted molar refractivity (Wildman–Crippen MR) is 171 cm³/mol. The lowest BCUT2D eigenvalue weighted by atomic mass is 9.88. The number of hydrogen-bond acceptors (Lipinski definition) is 15. The molecule has 0 aliphatic carbocycles. The maximum absolute atomic E-state index is 12.9. The second kappa shape index (κ2) is 14.9. The van der Waals surface area contributed by atoms with Gasteiger partial charge in [-0.15, -0.1) is 0 Å². The Morgan fingerprint density at radius 3 is 2.08 bits per heavy atom. The lowest BCUT2D eigenvalue weighted by molar-refractivity contribution is -0.317. The van der Waals surface area contributed by atoms with E-state index < -0.39 is 67.1 Å². The first-order chi connectivity index (χ1) is 23.4. The molecule has 15 nitrogen and oxygen atoms in total. The highest BCUT2D eigenvalue weighted by Gasteiger charge is 2.46. The van der Waals surface area contributed by atoms with E-state index in [2.05, 4.69) is 0 Å². The predicted octanol–water partition coefficient (Wildman–Crippen LogP) is 1.31. The van der Waals surface area contributed by atoms with Crippen LogP contribution in [0, 0.1) is 5.92 Å². The Balaban J connectivity index is 1.56. The Morgan fingerprint density at radius 2 is 1.47 bits per heavy atom. The Kier molecular flexibility index (Phi) is 10.8. The number of ether oxygens (including phenoxy) is 5. The number of aliphatic hydroxyl groups is 5. The smallest absolute Gasteiger partial charge is 0.197 e. The molecular weight excluding hydrogens is 648 g/mol. The fourth-order valence-electron chi connectivity index (χ4n) is 5.91. The average Bonchev–Trinajstić information content (AvgIpc) is 3.09. The molecule has 4 aromatic rings. The van der Waals surface area contributed by atoms with Gasteiger partial charge in [0.15, 0.2) is 23.2 Å². The number of aliphatic hydroxyl groups excluding tert-OH is 5. The number of rotatable bonds is 12. The largest absolute Gasteiger partial charge is 0.508 e. The van der Waals surface area contributed by atoms with E-state index in [1.807, 2.05) is 0 Å². The SMILES string of the molecule is COc1cc(C(O[C@@H]2OC(CO)[C@@H](O)C(O)C2O)[C@@H](CO)Cc2c(OC)cc(-c3cc(=O)c4c(O)cc(O)cc4o3)cc2OC)ccc1O. The number of benzene rings is 3. The highest BCUT2D eigenvalue weighted by Crippen LogP contribution is 2.42. The Hall–Kier alpha value is -4.61. The van der Waals surface area contributed by atoms with E-state index in [1.54, 1.807) is 12.1 Å². The summed E-state index contributed by atoms with van der Waals surface area (Å²) >= 11 is 0. The average molecular weight is 687 g/mol. The third-order valence-corrected chi connectivity index (χ3v) is 8.48. The zero-order chi connectivity index (χ0) is 35.6. The first-order valence-corrected chi connectivity index (χ1v) is 15.1. The number of fused-ring (bicyclic) bond motifs is 1. The van der Waals surface area contributed by atoms with Crippen LogP contribution in [-0.4, -0.2) is 106 Å². The highest BCUT2D eigenvalue weighted by molar-refractivity contribution is 5.86. The van der Waals surface area contributed by atoms with Crippen LogP contribution in [-0.2, 0) is 15.9 Å². The van der Waals surface area contributed by atoms with Gasteiger partial charge in [0.2, 0.25) is 0 Å². The molecule has 15 heteroatoms. The van der Waals surface area contributed by atoms with Crippen LogP contribution in [0.2, 0.25) is 0 Å². The molecule has 264 valence electrons. The second-order valence-electron chi connectivity index (χ2n) is 11.5. The van der Waals surface area contributed by atoms with Gasteiger partial charge in [0.05, 0.1) is 34.0 Å². The van der Waals surface area contributed by atoms with Crippen LogP contribution in [0.1, 0.15) is 17.2 Å². The molecule has 0 amide bonds. The van der Waals surface area contributed by atoms with Gasteiger partial charge in [-0.05, 0) is 36.2 Å². The molecule has 1 saturated heterocycles. The van der Waals surface area contributed by atoms with Crippen LogP contribution in [0.25, 0.3) is 22.3 Å². The third-order valence-electron chi connectivity index (χ3n) is 8.48. The highest BCUT2D eigenvalue weighted by atomic mass is 16.7. The summed E-state index contributed by atoms with van der Waals surface area (Å²) in [5.74, 6) is -1.13. The maximum atomic E-state index is 12.9. The van der Waals surface area contributed by atoms with Crippen LogP contribution in [0.4, 0.5) is 0 Å². The van der Waals surface area contributed by atoms with Crippen molar-refractivity contribution in [1.29, 1.82) is 0 Å². The van der Waals surface area contributed by atoms with Gasteiger partial charge in [-0.3, -0.25) is 4.79 Å². The fourth-order valence-corrected chi connectivity index (χ4v) is 5.91. The zero-order valence-electron chi connectivity index (χ0n) is 26.7. The normalized spacial score (nSPS) is 22.1. The van der Waals surface area contributed by atoms with Crippen molar-refractivity contribution in [2.75, 3.05) is 34.5 Å². The Morgan fingerprint density at radius 1 is 0.796 bits per heavy atom. The molecule has 2 heterocycles. The van der Waals surface area contributed by atoms with Crippen molar-refractivity contribution in [3.63, 3.8) is 0 Å². The van der Waals surface area contributed by atoms with Crippen molar-refractivity contribution >= 4 is 11.0 Å². The van der Waals surface area contributed by atoms with Crippen molar-refractivity contribution in [2.24, 2.45) is 5.92 Å². The minimum atomic E-state index is -1.75. The summed E-state index contributed by atoms with van der Waals surface area (Å²) in [7, 11) is 4.14. The van der Waals surface area contributed by atoms with E-state index in [0.29, 0.717) is 16.7 Å². The zero-order valence-corrected chi connectivity index (χ0v) is 26.7. The minimum Gasteiger partial charge on any atom is -0.508 e. The summed E-state index contributed by atoms with van der Waals surface area (Å²) in [6, 6.07) is 10.8. The van der Waals surface area contributed by atoms with Crippen molar-refractivity contribution < 1.29 is 69.0 Å². The quantitative estimate of drug-likeness (QED) is 0.105. The van der Waals surface area contributed by atoms with Crippen LogP contribution in [0.3, 0.4) is 0 Å². The molecule has 7 atom stereocenters. The first-order valence-electron chi connectivity index (χ1n) is 15.1. The minimum absolute atomic E-state index is 0.00216. The maximum Gasteiger partial charge on any atom is 0.197 e. The van der Waals surface area contributed by atoms with Crippen molar-refractivity contribution in [2.45, 2.75) is 43.2 Å². The number of methoxy groups -OCH3 is 3. The van der Waals surface area contributed by atoms with Gasteiger partial charge >= 0.3 is 0 Å². The van der Waals surface area contributed by atoms with E-state index in [1.165, 1.54) is 51.7 Å². The molecule has 1 aliphatic rings. The van der Waals surface area contributed by atoms with Crippen LogP contribution < -0.4 is 19.6 Å². The summed E-state index contributed by atoms with van der Waals surface area (Å²) in [6.45, 7) is -1.21. The second-order valence-corrected chi connectivity index (χ2v) is 11.5. The molecule has 1 aromatic heterocycles. The van der Waals surface area contributed by atoms with E-state index in [4.69, 9.17) is 28.1 Å². The summed E-state index contributed by atoms with van der Waals surface area (Å²) < 4.78 is 34.3. The van der Waals surface area contributed by atoms with Crippen molar-refractivity contribution in [3.05, 3.63) is 69.9 Å². The van der Waals surface area contributed by atoms with Crippen LogP contribution in [0.15, 0.2) is 57.7 Å². The topological polar surface area (TPSA) is 238 Å². The number of hydrogen-bond donors (Lipinski definition) is 8. The molecule has 1 aliphatic heterocycles. The molecule has 1 fully saturated rings. The first kappa shape index (κ1) is 35.7. The van der Waals surface area contributed by atoms with Gasteiger partial charge in [0.1, 0.15) is 64.1 Å². The Bertz CT molecular complexity index is 1810. The number of aromatic hydroxyl groups is 3. The van der Waals surface area contributed by atoms with E-state index in [0.717, 1.165) is 6.07 Å². The lowest BCUT2D eigenvalue weighted by Crippen LogP contribution is -2.59. The van der Waals surface area contributed by atoms with Gasteiger partial charge < -0.3 is 69.0 Å². The molecule has 0 spiro atoms. The Labute approximate surface area is 279 Å². The van der Waals surface area contributed by atoms with Gasteiger partial charge in [0.25, 0.3) is 0 Å². The summed E-state index contributed by atoms with van der Waals surface area (Å²) in [4.78, 5) is 12.9. The van der Waals surface area contributed by atoms with Crippen LogP contribution in [0.5, 0.6) is 34.5 Å². The molecule has 4 unspecified atom stereocenters. The lowest BCUT2D eigenvalue weighted by Gasteiger charge is -2.42. The van der Waals surface area contributed by atoms with Crippen molar-refractivity contribution in [3.8, 4) is 45.8 Å². The van der Waals surface area contributed by atoms with Gasteiger partial charge in [-0.1, -0.05) is 6.07 Å². The molecular formula is C34H38O15. The molecule has 0 saturated carbocycles. The molecule has 49 heavy (non-hydrogen) atoms.